The average Bonchev–Trinajstić information content (AvgIpc) is 2.22. The van der Waals surface area contributed by atoms with Gasteiger partial charge >= 0.3 is 6.18 Å². The monoisotopic (exact) mass is 261 g/mol. The first-order valence-electron chi connectivity index (χ1n) is 5.78. The smallest absolute Gasteiger partial charge is 0.390 e. The number of hydrogen-bond donors (Lipinski definition) is 2. The van der Waals surface area contributed by atoms with E-state index in [0.717, 1.165) is 6.07 Å². The van der Waals surface area contributed by atoms with Crippen LogP contribution in [-0.2, 0) is 12.7 Å². The van der Waals surface area contributed by atoms with Crippen LogP contribution in [0.3, 0.4) is 0 Å². The quantitative estimate of drug-likeness (QED) is 0.799. The van der Waals surface area contributed by atoms with Gasteiger partial charge in [-0.2, -0.15) is 13.2 Å². The number of rotatable bonds is 5. The molecule has 0 bridgehead atoms. The molecule has 1 rings (SSSR count). The summed E-state index contributed by atoms with van der Waals surface area (Å²) in [6.07, 6.45) is -3.84. The molecule has 0 saturated heterocycles. The molecule has 0 unspecified atom stereocenters. The summed E-state index contributed by atoms with van der Waals surface area (Å²) in [5.41, 5.74) is -1.20. The van der Waals surface area contributed by atoms with Crippen molar-refractivity contribution in [1.82, 2.24) is 5.32 Å². The van der Waals surface area contributed by atoms with Crippen molar-refractivity contribution in [2.45, 2.75) is 38.6 Å². The van der Waals surface area contributed by atoms with Gasteiger partial charge in [0.1, 0.15) is 0 Å². The molecule has 0 amide bonds. The second-order valence-corrected chi connectivity index (χ2v) is 4.89. The van der Waals surface area contributed by atoms with Gasteiger partial charge in [0.25, 0.3) is 0 Å². The zero-order valence-electron chi connectivity index (χ0n) is 10.5. The van der Waals surface area contributed by atoms with Crippen molar-refractivity contribution in [3.8, 4) is 0 Å². The van der Waals surface area contributed by atoms with Crippen LogP contribution < -0.4 is 5.32 Å². The Hall–Kier alpha value is -1.07. The molecule has 2 nitrogen and oxygen atoms in total. The SMILES string of the molecule is CC(C)(O)CCNCc1ccccc1C(F)(F)F. The highest BCUT2D eigenvalue weighted by atomic mass is 19.4. The highest BCUT2D eigenvalue weighted by Crippen LogP contribution is 2.31. The Balaban J connectivity index is 2.58. The maximum absolute atomic E-state index is 12.7. The van der Waals surface area contributed by atoms with Crippen LogP contribution in [0.4, 0.5) is 13.2 Å². The van der Waals surface area contributed by atoms with E-state index >= 15 is 0 Å². The van der Waals surface area contributed by atoms with Gasteiger partial charge in [-0.1, -0.05) is 18.2 Å². The van der Waals surface area contributed by atoms with Gasteiger partial charge in [-0.3, -0.25) is 0 Å². The molecule has 0 atom stereocenters. The van der Waals surface area contributed by atoms with Crippen LogP contribution in [0, 0.1) is 0 Å². The summed E-state index contributed by atoms with van der Waals surface area (Å²) < 4.78 is 38.0. The van der Waals surface area contributed by atoms with E-state index in [1.54, 1.807) is 19.9 Å². The number of benzene rings is 1. The summed E-state index contributed by atoms with van der Waals surface area (Å²) in [6, 6.07) is 5.50. The Morgan fingerprint density at radius 2 is 1.78 bits per heavy atom. The fourth-order valence-corrected chi connectivity index (χ4v) is 1.57. The minimum Gasteiger partial charge on any atom is -0.390 e. The van der Waals surface area contributed by atoms with Crippen molar-refractivity contribution in [3.63, 3.8) is 0 Å². The zero-order chi connectivity index (χ0) is 13.8. The van der Waals surface area contributed by atoms with Crippen LogP contribution in [0.2, 0.25) is 0 Å². The molecule has 18 heavy (non-hydrogen) atoms. The van der Waals surface area contributed by atoms with E-state index < -0.39 is 17.3 Å². The molecule has 0 aliphatic heterocycles. The van der Waals surface area contributed by atoms with Crippen LogP contribution >= 0.6 is 0 Å². The van der Waals surface area contributed by atoms with Crippen LogP contribution in [0.1, 0.15) is 31.4 Å². The second-order valence-electron chi connectivity index (χ2n) is 4.89. The molecule has 0 heterocycles. The van der Waals surface area contributed by atoms with Crippen LogP contribution in [0.15, 0.2) is 24.3 Å². The third-order valence-electron chi connectivity index (χ3n) is 2.55. The van der Waals surface area contributed by atoms with Crippen LogP contribution in [0.5, 0.6) is 0 Å². The van der Waals surface area contributed by atoms with Crippen molar-refractivity contribution in [3.05, 3.63) is 35.4 Å². The maximum atomic E-state index is 12.7. The minimum atomic E-state index is -4.32. The molecule has 1 aromatic carbocycles. The largest absolute Gasteiger partial charge is 0.416 e. The molecule has 0 fully saturated rings. The van der Waals surface area contributed by atoms with Crippen molar-refractivity contribution in [1.29, 1.82) is 0 Å². The molecular formula is C13H18F3NO. The third kappa shape index (κ3) is 5.06. The minimum absolute atomic E-state index is 0.145. The molecule has 0 radical (unpaired) electrons. The van der Waals surface area contributed by atoms with Gasteiger partial charge in [0.2, 0.25) is 0 Å². The lowest BCUT2D eigenvalue weighted by atomic mass is 10.1. The highest BCUT2D eigenvalue weighted by molar-refractivity contribution is 5.29. The number of alkyl halides is 3. The van der Waals surface area contributed by atoms with Crippen molar-refractivity contribution < 1.29 is 18.3 Å². The van der Waals surface area contributed by atoms with Gasteiger partial charge < -0.3 is 10.4 Å². The molecule has 2 N–H and O–H groups in total. The summed E-state index contributed by atoms with van der Waals surface area (Å²) in [4.78, 5) is 0. The topological polar surface area (TPSA) is 32.3 Å². The molecule has 0 aromatic heterocycles. The number of halogens is 3. The van der Waals surface area contributed by atoms with E-state index in [1.807, 2.05) is 0 Å². The lowest BCUT2D eigenvalue weighted by molar-refractivity contribution is -0.138. The highest BCUT2D eigenvalue weighted by Gasteiger charge is 2.32. The van der Waals surface area contributed by atoms with Gasteiger partial charge in [-0.15, -0.1) is 0 Å². The average molecular weight is 261 g/mol. The summed E-state index contributed by atoms with van der Waals surface area (Å²) in [7, 11) is 0. The first-order chi connectivity index (χ1) is 8.20. The fraction of sp³-hybridized carbons (Fsp3) is 0.538. The third-order valence-corrected chi connectivity index (χ3v) is 2.55. The molecule has 102 valence electrons. The van der Waals surface area contributed by atoms with E-state index in [9.17, 15) is 18.3 Å². The Morgan fingerprint density at radius 3 is 2.33 bits per heavy atom. The van der Waals surface area contributed by atoms with Crippen LogP contribution in [0.25, 0.3) is 0 Å². The Morgan fingerprint density at radius 1 is 1.17 bits per heavy atom. The van der Waals surface area contributed by atoms with Crippen molar-refractivity contribution in [2.24, 2.45) is 0 Å². The summed E-state index contributed by atoms with van der Waals surface area (Å²) in [5.74, 6) is 0. The van der Waals surface area contributed by atoms with E-state index in [4.69, 9.17) is 0 Å². The van der Waals surface area contributed by atoms with Gasteiger partial charge in [0.05, 0.1) is 11.2 Å². The van der Waals surface area contributed by atoms with Crippen molar-refractivity contribution in [2.75, 3.05) is 6.54 Å². The first-order valence-corrected chi connectivity index (χ1v) is 5.78. The number of aliphatic hydroxyl groups is 1. The Labute approximate surface area is 105 Å². The lowest BCUT2D eigenvalue weighted by Crippen LogP contribution is -2.27. The Bertz CT molecular complexity index is 383. The van der Waals surface area contributed by atoms with Gasteiger partial charge in [-0.05, 0) is 38.4 Å². The molecule has 5 heteroatoms. The van der Waals surface area contributed by atoms with Gasteiger partial charge in [0.15, 0.2) is 0 Å². The maximum Gasteiger partial charge on any atom is 0.416 e. The molecular weight excluding hydrogens is 243 g/mol. The van der Waals surface area contributed by atoms with Gasteiger partial charge in [0, 0.05) is 6.54 Å². The molecule has 0 aliphatic carbocycles. The summed E-state index contributed by atoms with van der Waals surface area (Å²) >= 11 is 0. The molecule has 1 aromatic rings. The predicted octanol–water partition coefficient (Wildman–Crippen LogP) is 2.96. The molecule has 0 spiro atoms. The van der Waals surface area contributed by atoms with E-state index in [0.29, 0.717) is 13.0 Å². The normalized spacial score (nSPS) is 12.8. The second kappa shape index (κ2) is 5.71. The van der Waals surface area contributed by atoms with E-state index in [2.05, 4.69) is 5.32 Å². The predicted molar refractivity (Wildman–Crippen MR) is 64.1 cm³/mol. The summed E-state index contributed by atoms with van der Waals surface area (Å²) in [6.45, 7) is 3.94. The standard InChI is InChI=1S/C13H18F3NO/c1-12(2,18)7-8-17-9-10-5-3-4-6-11(10)13(14,15)16/h3-6,17-18H,7-9H2,1-2H3. The van der Waals surface area contributed by atoms with E-state index in [-0.39, 0.29) is 12.1 Å². The Kier molecular flexibility index (Phi) is 4.76. The number of nitrogens with one attached hydrogen (secondary N) is 1. The van der Waals surface area contributed by atoms with E-state index in [1.165, 1.54) is 12.1 Å². The fourth-order valence-electron chi connectivity index (χ4n) is 1.57. The lowest BCUT2D eigenvalue weighted by Gasteiger charge is -2.18. The number of hydrogen-bond acceptors (Lipinski definition) is 2. The first kappa shape index (κ1) is 15.0. The molecule has 0 aliphatic rings. The zero-order valence-corrected chi connectivity index (χ0v) is 10.5. The van der Waals surface area contributed by atoms with Crippen LogP contribution in [-0.4, -0.2) is 17.3 Å². The van der Waals surface area contributed by atoms with Gasteiger partial charge in [-0.25, -0.2) is 0 Å². The molecule has 0 saturated carbocycles. The summed E-state index contributed by atoms with van der Waals surface area (Å²) in [5, 5.41) is 12.4. The van der Waals surface area contributed by atoms with Crippen molar-refractivity contribution >= 4 is 0 Å².